The SMILES string of the molecule is N#CCC(=O)c1c[nH]c2cc(F)ccc12. The summed E-state index contributed by atoms with van der Waals surface area (Å²) in [7, 11) is 0. The fraction of sp³-hybridized carbons (Fsp3) is 0.0909. The van der Waals surface area contributed by atoms with Crippen molar-refractivity contribution in [2.45, 2.75) is 6.42 Å². The van der Waals surface area contributed by atoms with Crippen molar-refractivity contribution in [2.75, 3.05) is 0 Å². The molecular formula is C11H7FN2O. The molecule has 2 rings (SSSR count). The van der Waals surface area contributed by atoms with E-state index >= 15 is 0 Å². The lowest BCUT2D eigenvalue weighted by Crippen LogP contribution is -1.95. The third-order valence-corrected chi connectivity index (χ3v) is 2.18. The molecule has 1 aromatic carbocycles. The summed E-state index contributed by atoms with van der Waals surface area (Å²) in [5.41, 5.74) is 1.00. The second kappa shape index (κ2) is 3.54. The molecule has 15 heavy (non-hydrogen) atoms. The van der Waals surface area contributed by atoms with Gasteiger partial charge in [0.15, 0.2) is 5.78 Å². The number of nitrogens with one attached hydrogen (secondary N) is 1. The molecule has 2 aromatic rings. The minimum Gasteiger partial charge on any atom is -0.360 e. The number of benzene rings is 1. The number of nitriles is 1. The number of halogens is 1. The van der Waals surface area contributed by atoms with Crippen LogP contribution in [-0.2, 0) is 0 Å². The Kier molecular flexibility index (Phi) is 2.22. The fourth-order valence-electron chi connectivity index (χ4n) is 1.50. The maximum Gasteiger partial charge on any atom is 0.179 e. The van der Waals surface area contributed by atoms with Gasteiger partial charge in [-0.15, -0.1) is 0 Å². The second-order valence-electron chi connectivity index (χ2n) is 3.15. The number of aromatic amines is 1. The first-order valence-corrected chi connectivity index (χ1v) is 4.39. The van der Waals surface area contributed by atoms with Gasteiger partial charge in [0.1, 0.15) is 5.82 Å². The van der Waals surface area contributed by atoms with E-state index in [1.165, 1.54) is 24.4 Å². The van der Waals surface area contributed by atoms with Crippen LogP contribution in [0.1, 0.15) is 16.8 Å². The van der Waals surface area contributed by atoms with E-state index in [0.717, 1.165) is 0 Å². The van der Waals surface area contributed by atoms with Crippen LogP contribution in [0.25, 0.3) is 10.9 Å². The minimum absolute atomic E-state index is 0.162. The number of carbonyl (C=O) groups excluding carboxylic acids is 1. The molecule has 4 heteroatoms. The lowest BCUT2D eigenvalue weighted by molar-refractivity contribution is 0.0999. The second-order valence-corrected chi connectivity index (χ2v) is 3.15. The monoisotopic (exact) mass is 202 g/mol. The van der Waals surface area contributed by atoms with Crippen molar-refractivity contribution in [3.05, 3.63) is 35.8 Å². The Bertz CT molecular complexity index is 565. The van der Waals surface area contributed by atoms with Crippen molar-refractivity contribution in [2.24, 2.45) is 0 Å². The number of hydrogen-bond donors (Lipinski definition) is 1. The number of H-pyrrole nitrogens is 1. The van der Waals surface area contributed by atoms with Crippen LogP contribution >= 0.6 is 0 Å². The molecule has 74 valence electrons. The molecule has 0 radical (unpaired) electrons. The predicted molar refractivity (Wildman–Crippen MR) is 52.8 cm³/mol. The average Bonchev–Trinajstić information content (AvgIpc) is 2.60. The van der Waals surface area contributed by atoms with E-state index in [1.807, 2.05) is 0 Å². The first kappa shape index (κ1) is 9.41. The molecule has 1 N–H and O–H groups in total. The van der Waals surface area contributed by atoms with Gasteiger partial charge in [-0.1, -0.05) is 0 Å². The number of aromatic nitrogens is 1. The highest BCUT2D eigenvalue weighted by atomic mass is 19.1. The summed E-state index contributed by atoms with van der Waals surface area (Å²) in [6, 6.07) is 5.94. The molecule has 0 unspecified atom stereocenters. The van der Waals surface area contributed by atoms with Crippen LogP contribution in [0.3, 0.4) is 0 Å². The van der Waals surface area contributed by atoms with E-state index in [-0.39, 0.29) is 18.0 Å². The van der Waals surface area contributed by atoms with Crippen LogP contribution in [0.5, 0.6) is 0 Å². The molecule has 0 aliphatic rings. The smallest absolute Gasteiger partial charge is 0.179 e. The maximum absolute atomic E-state index is 12.8. The normalized spacial score (nSPS) is 10.1. The van der Waals surface area contributed by atoms with Crippen LogP contribution in [-0.4, -0.2) is 10.8 Å². The number of fused-ring (bicyclic) bond motifs is 1. The molecule has 0 bridgehead atoms. The highest BCUT2D eigenvalue weighted by Crippen LogP contribution is 2.20. The standard InChI is InChI=1S/C11H7FN2O/c12-7-1-2-8-9(11(15)3-4-13)6-14-10(8)5-7/h1-2,5-6,14H,3H2. The molecule has 0 amide bonds. The molecule has 3 nitrogen and oxygen atoms in total. The van der Waals surface area contributed by atoms with Crippen LogP contribution < -0.4 is 0 Å². The van der Waals surface area contributed by atoms with Crippen molar-refractivity contribution in [3.63, 3.8) is 0 Å². The largest absolute Gasteiger partial charge is 0.360 e. The molecule has 1 aromatic heterocycles. The Morgan fingerprint density at radius 3 is 3.07 bits per heavy atom. The number of hydrogen-bond acceptors (Lipinski definition) is 2. The molecular weight excluding hydrogens is 195 g/mol. The zero-order valence-corrected chi connectivity index (χ0v) is 7.75. The fourth-order valence-corrected chi connectivity index (χ4v) is 1.50. The van der Waals surface area contributed by atoms with Gasteiger partial charge in [-0.25, -0.2) is 4.39 Å². The zero-order valence-electron chi connectivity index (χ0n) is 7.75. The predicted octanol–water partition coefficient (Wildman–Crippen LogP) is 2.40. The Hall–Kier alpha value is -2.15. The van der Waals surface area contributed by atoms with Crippen LogP contribution in [0.2, 0.25) is 0 Å². The van der Waals surface area contributed by atoms with Gasteiger partial charge in [-0.2, -0.15) is 5.26 Å². The molecule has 1 heterocycles. The van der Waals surface area contributed by atoms with Crippen LogP contribution in [0.15, 0.2) is 24.4 Å². The van der Waals surface area contributed by atoms with Crippen molar-refractivity contribution in [1.82, 2.24) is 4.98 Å². The zero-order chi connectivity index (χ0) is 10.8. The third kappa shape index (κ3) is 1.59. The summed E-state index contributed by atoms with van der Waals surface area (Å²) in [4.78, 5) is 14.3. The van der Waals surface area contributed by atoms with Gasteiger partial charge in [0, 0.05) is 22.7 Å². The molecule has 0 aliphatic heterocycles. The Morgan fingerprint density at radius 1 is 1.53 bits per heavy atom. The minimum atomic E-state index is -0.358. The van der Waals surface area contributed by atoms with E-state index in [0.29, 0.717) is 16.5 Å². The highest BCUT2D eigenvalue weighted by molar-refractivity contribution is 6.08. The summed E-state index contributed by atoms with van der Waals surface area (Å²) in [5, 5.41) is 9.06. The molecule has 0 spiro atoms. The van der Waals surface area contributed by atoms with Gasteiger partial charge in [-0.05, 0) is 18.2 Å². The van der Waals surface area contributed by atoms with Crippen molar-refractivity contribution >= 4 is 16.7 Å². The third-order valence-electron chi connectivity index (χ3n) is 2.18. The van der Waals surface area contributed by atoms with Crippen LogP contribution in [0.4, 0.5) is 4.39 Å². The Labute approximate surface area is 85.1 Å². The van der Waals surface area contributed by atoms with Crippen molar-refractivity contribution in [1.29, 1.82) is 5.26 Å². The number of ketones is 1. The van der Waals surface area contributed by atoms with Gasteiger partial charge in [-0.3, -0.25) is 4.79 Å². The molecule has 0 saturated heterocycles. The van der Waals surface area contributed by atoms with Gasteiger partial charge in [0.05, 0.1) is 12.5 Å². The molecule has 0 fully saturated rings. The summed E-state index contributed by atoms with van der Waals surface area (Å²) in [6.45, 7) is 0. The first-order valence-electron chi connectivity index (χ1n) is 4.39. The van der Waals surface area contributed by atoms with E-state index < -0.39 is 0 Å². The first-order chi connectivity index (χ1) is 7.22. The summed E-state index contributed by atoms with van der Waals surface area (Å²) in [5.74, 6) is -0.612. The van der Waals surface area contributed by atoms with Gasteiger partial charge >= 0.3 is 0 Å². The number of carbonyl (C=O) groups is 1. The number of rotatable bonds is 2. The lowest BCUT2D eigenvalue weighted by atomic mass is 10.1. The quantitative estimate of drug-likeness (QED) is 0.760. The summed E-state index contributed by atoms with van der Waals surface area (Å²) in [6.07, 6.45) is 1.34. The van der Waals surface area contributed by atoms with Gasteiger partial charge < -0.3 is 4.98 Å². The average molecular weight is 202 g/mol. The number of Topliss-reactive ketones (excluding diaryl/α,β-unsaturated/α-hetero) is 1. The van der Waals surface area contributed by atoms with E-state index in [9.17, 15) is 9.18 Å². The van der Waals surface area contributed by atoms with Gasteiger partial charge in [0.2, 0.25) is 0 Å². The molecule has 0 aliphatic carbocycles. The van der Waals surface area contributed by atoms with E-state index in [1.54, 1.807) is 6.07 Å². The number of nitrogens with zero attached hydrogens (tertiary/aromatic N) is 1. The molecule has 0 saturated carbocycles. The van der Waals surface area contributed by atoms with Crippen molar-refractivity contribution in [3.8, 4) is 6.07 Å². The Balaban J connectivity index is 2.55. The summed E-state index contributed by atoms with van der Waals surface area (Å²) >= 11 is 0. The van der Waals surface area contributed by atoms with Crippen molar-refractivity contribution < 1.29 is 9.18 Å². The Morgan fingerprint density at radius 2 is 2.33 bits per heavy atom. The highest BCUT2D eigenvalue weighted by Gasteiger charge is 2.11. The molecule has 0 atom stereocenters. The van der Waals surface area contributed by atoms with E-state index in [2.05, 4.69) is 4.98 Å². The maximum atomic E-state index is 12.8. The van der Waals surface area contributed by atoms with Crippen LogP contribution in [0, 0.1) is 17.1 Å². The topological polar surface area (TPSA) is 56.6 Å². The lowest BCUT2D eigenvalue weighted by Gasteiger charge is -1.94. The summed E-state index contributed by atoms with van der Waals surface area (Å²) < 4.78 is 12.8. The van der Waals surface area contributed by atoms with Gasteiger partial charge in [0.25, 0.3) is 0 Å². The van der Waals surface area contributed by atoms with E-state index in [4.69, 9.17) is 5.26 Å².